The van der Waals surface area contributed by atoms with E-state index in [4.69, 9.17) is 12.6 Å². The first-order valence-corrected chi connectivity index (χ1v) is 9.67. The highest BCUT2D eigenvalue weighted by molar-refractivity contribution is 8.25. The molecule has 0 saturated carbocycles. The third-order valence-electron chi connectivity index (χ3n) is 2.84. The molecule has 104 valence electrons. The van der Waals surface area contributed by atoms with E-state index in [-0.39, 0.29) is 0 Å². The Morgan fingerprint density at radius 3 is 2.10 bits per heavy atom. The second kappa shape index (κ2) is 5.72. The minimum atomic E-state index is 0.800. The van der Waals surface area contributed by atoms with E-state index < -0.39 is 0 Å². The number of hydrogen-bond donors (Lipinski definition) is 1. The molecule has 0 spiro atoms. The van der Waals surface area contributed by atoms with Crippen LogP contribution in [0, 0.1) is 0 Å². The molecule has 0 radical (unpaired) electrons. The molecular formula is C14H12OS5. The fourth-order valence-corrected chi connectivity index (χ4v) is 7.51. The third kappa shape index (κ3) is 2.50. The number of carbonyl (C=O) groups is 1. The molecule has 0 saturated heterocycles. The number of fused-ring (bicyclic) bond motifs is 2. The van der Waals surface area contributed by atoms with Gasteiger partial charge in [0, 0.05) is 34.3 Å². The van der Waals surface area contributed by atoms with Gasteiger partial charge in [-0.15, -0.1) is 12.6 Å². The van der Waals surface area contributed by atoms with E-state index in [1.54, 1.807) is 23.5 Å². The molecule has 0 atom stereocenters. The number of benzene rings is 1. The van der Waals surface area contributed by atoms with E-state index >= 15 is 0 Å². The zero-order chi connectivity index (χ0) is 14.4. The summed E-state index contributed by atoms with van der Waals surface area (Å²) in [6.07, 6.45) is 0.928. The number of aldehydes is 1. The van der Waals surface area contributed by atoms with Crippen molar-refractivity contribution in [3.05, 3.63) is 25.7 Å². The molecule has 2 aliphatic rings. The Bertz CT molecular complexity index is 683. The lowest BCUT2D eigenvalue weighted by molar-refractivity contribution is -0.104. The van der Waals surface area contributed by atoms with E-state index in [0.717, 1.165) is 21.0 Å². The number of thioether (sulfide) groups is 4. The number of rotatable bonds is 1. The Hall–Kier alpha value is 0.120. The number of hydrogen-bond acceptors (Lipinski definition) is 6. The molecule has 0 amide bonds. The summed E-state index contributed by atoms with van der Waals surface area (Å²) in [6.45, 7) is 6.15. The molecule has 0 N–H and O–H groups in total. The van der Waals surface area contributed by atoms with Crippen LogP contribution >= 0.6 is 59.7 Å². The lowest BCUT2D eigenvalue weighted by Gasteiger charge is -2.05. The van der Waals surface area contributed by atoms with Gasteiger partial charge >= 0.3 is 0 Å². The fourth-order valence-electron chi connectivity index (χ4n) is 1.78. The summed E-state index contributed by atoms with van der Waals surface area (Å²) < 4.78 is 2.43. The van der Waals surface area contributed by atoms with Crippen molar-refractivity contribution in [3.8, 4) is 0 Å². The molecule has 1 nitrogen and oxygen atoms in total. The lowest BCUT2D eigenvalue weighted by atomic mass is 10.3. The van der Waals surface area contributed by atoms with E-state index in [9.17, 15) is 4.79 Å². The third-order valence-corrected chi connectivity index (χ3v) is 9.39. The molecule has 1 aromatic rings. The largest absolute Gasteiger partial charge is 0.298 e. The molecular weight excluding hydrogens is 344 g/mol. The summed E-state index contributed by atoms with van der Waals surface area (Å²) in [5.41, 5.74) is 2.15. The number of thiol groups is 1. The monoisotopic (exact) mass is 356 g/mol. The molecule has 0 fully saturated rings. The average molecular weight is 357 g/mol. The van der Waals surface area contributed by atoms with Crippen molar-refractivity contribution in [2.45, 2.75) is 45.2 Å². The van der Waals surface area contributed by atoms with Crippen molar-refractivity contribution in [1.82, 2.24) is 0 Å². The summed E-state index contributed by atoms with van der Waals surface area (Å²) in [4.78, 5) is 16.9. The van der Waals surface area contributed by atoms with Crippen LogP contribution in [0.15, 0.2) is 50.2 Å². The van der Waals surface area contributed by atoms with Crippen molar-refractivity contribution >= 4 is 66.0 Å². The van der Waals surface area contributed by atoms with Gasteiger partial charge in [0.15, 0.2) is 0 Å². The Labute approximate surface area is 141 Å². The van der Waals surface area contributed by atoms with Crippen LogP contribution in [-0.2, 0) is 4.79 Å². The minimum Gasteiger partial charge on any atom is -0.298 e. The van der Waals surface area contributed by atoms with Crippen LogP contribution in [0.3, 0.4) is 0 Å². The van der Waals surface area contributed by atoms with Gasteiger partial charge in [0.05, 0.1) is 4.24 Å². The van der Waals surface area contributed by atoms with Gasteiger partial charge < -0.3 is 0 Å². The van der Waals surface area contributed by atoms with Crippen molar-refractivity contribution in [2.24, 2.45) is 0 Å². The molecule has 0 bridgehead atoms. The standard InChI is InChI=1S/C14H12OS5/c1-6(2)13-17-8-4-9-12(10(16)11(8)19-13)20-14(18-9)7(3)5-15/h4-5,16H,1-3H3/b14-7-. The van der Waals surface area contributed by atoms with E-state index in [1.165, 1.54) is 29.4 Å². The van der Waals surface area contributed by atoms with Crippen LogP contribution in [0.4, 0.5) is 0 Å². The van der Waals surface area contributed by atoms with Crippen LogP contribution in [0.25, 0.3) is 0 Å². The van der Waals surface area contributed by atoms with Gasteiger partial charge in [0.25, 0.3) is 0 Å². The second-order valence-corrected chi connectivity index (χ2v) is 9.77. The van der Waals surface area contributed by atoms with Gasteiger partial charge in [0.1, 0.15) is 6.29 Å². The van der Waals surface area contributed by atoms with Gasteiger partial charge in [-0.05, 0) is 26.8 Å². The Morgan fingerprint density at radius 1 is 1.00 bits per heavy atom. The molecule has 0 aromatic heterocycles. The first-order chi connectivity index (χ1) is 9.51. The molecule has 0 aliphatic carbocycles. The molecule has 20 heavy (non-hydrogen) atoms. The smallest absolute Gasteiger partial charge is 0.147 e. The Balaban J connectivity index is 2.06. The van der Waals surface area contributed by atoms with Gasteiger partial charge in [-0.1, -0.05) is 52.6 Å². The van der Waals surface area contributed by atoms with Crippen molar-refractivity contribution in [3.63, 3.8) is 0 Å². The fraction of sp³-hybridized carbons (Fsp3) is 0.214. The summed E-state index contributed by atoms with van der Waals surface area (Å²) in [7, 11) is 0. The average Bonchev–Trinajstić information content (AvgIpc) is 3.02. The van der Waals surface area contributed by atoms with Gasteiger partial charge in [-0.2, -0.15) is 0 Å². The minimum absolute atomic E-state index is 0.800. The van der Waals surface area contributed by atoms with Gasteiger partial charge in [-0.25, -0.2) is 0 Å². The highest BCUT2D eigenvalue weighted by atomic mass is 32.2. The first kappa shape index (κ1) is 15.0. The zero-order valence-corrected chi connectivity index (χ0v) is 15.3. The second-order valence-electron chi connectivity index (χ2n) is 4.66. The van der Waals surface area contributed by atoms with Crippen LogP contribution in [0.2, 0.25) is 0 Å². The number of carbonyl (C=O) groups excluding carboxylic acids is 1. The quantitative estimate of drug-likeness (QED) is 0.373. The predicted molar refractivity (Wildman–Crippen MR) is 94.3 cm³/mol. The maximum absolute atomic E-state index is 10.9. The van der Waals surface area contributed by atoms with E-state index in [1.807, 2.05) is 30.4 Å². The van der Waals surface area contributed by atoms with Gasteiger partial charge in [-0.3, -0.25) is 4.79 Å². The highest BCUT2D eigenvalue weighted by Gasteiger charge is 2.29. The van der Waals surface area contributed by atoms with Crippen molar-refractivity contribution in [2.75, 3.05) is 0 Å². The van der Waals surface area contributed by atoms with Crippen LogP contribution in [0.5, 0.6) is 0 Å². The predicted octanol–water partition coefficient (Wildman–Crippen LogP) is 6.05. The van der Waals surface area contributed by atoms with Crippen LogP contribution in [-0.4, -0.2) is 6.29 Å². The summed E-state index contributed by atoms with van der Waals surface area (Å²) in [6, 6.07) is 2.24. The molecule has 6 heteroatoms. The topological polar surface area (TPSA) is 17.1 Å². The molecule has 0 unspecified atom stereocenters. The highest BCUT2D eigenvalue weighted by Crippen LogP contribution is 2.62. The Kier molecular flexibility index (Phi) is 4.30. The normalized spacial score (nSPS) is 18.9. The summed E-state index contributed by atoms with van der Waals surface area (Å²) in [5, 5.41) is 0. The first-order valence-electron chi connectivity index (χ1n) is 5.96. The maximum atomic E-state index is 10.9. The lowest BCUT2D eigenvalue weighted by Crippen LogP contribution is -1.80. The maximum Gasteiger partial charge on any atom is 0.147 e. The van der Waals surface area contributed by atoms with E-state index in [0.29, 0.717) is 0 Å². The summed E-state index contributed by atoms with van der Waals surface area (Å²) in [5.74, 6) is 0. The van der Waals surface area contributed by atoms with Crippen molar-refractivity contribution in [1.29, 1.82) is 0 Å². The van der Waals surface area contributed by atoms with Crippen LogP contribution < -0.4 is 0 Å². The van der Waals surface area contributed by atoms with Crippen LogP contribution in [0.1, 0.15) is 20.8 Å². The van der Waals surface area contributed by atoms with Gasteiger partial charge in [0.2, 0.25) is 0 Å². The SMILES string of the molecule is CC(C)=C1Sc2cc3c(c(S)c2S1)S/C(=C(/C)C=O)S3. The summed E-state index contributed by atoms with van der Waals surface area (Å²) >= 11 is 11.7. The molecule has 2 aliphatic heterocycles. The Morgan fingerprint density at radius 2 is 1.55 bits per heavy atom. The molecule has 3 rings (SSSR count). The van der Waals surface area contributed by atoms with Crippen molar-refractivity contribution < 1.29 is 4.79 Å². The zero-order valence-electron chi connectivity index (χ0n) is 11.1. The number of allylic oxidation sites excluding steroid dienone is 2. The molecule has 2 heterocycles. The molecule has 1 aromatic carbocycles. The van der Waals surface area contributed by atoms with E-state index in [2.05, 4.69) is 19.9 Å².